The monoisotopic (exact) mass is 482 g/mol. The second-order valence-electron chi connectivity index (χ2n) is 6.78. The van der Waals surface area contributed by atoms with Crippen LogP contribution in [0.1, 0.15) is 0 Å². The zero-order chi connectivity index (χ0) is 26.1. The lowest BCUT2D eigenvalue weighted by molar-refractivity contribution is -0.134. The summed E-state index contributed by atoms with van der Waals surface area (Å²) in [7, 11) is 0. The largest absolute Gasteiger partial charge is 0.486 e. The van der Waals surface area contributed by atoms with Gasteiger partial charge in [-0.3, -0.25) is 0 Å². The normalized spacial score (nSPS) is 14.2. The molecule has 0 aliphatic carbocycles. The molecule has 0 aromatic carbocycles. The summed E-state index contributed by atoms with van der Waals surface area (Å²) in [5, 5.41) is 88.8. The van der Waals surface area contributed by atoms with E-state index in [1.54, 1.807) is 0 Å². The van der Waals surface area contributed by atoms with Gasteiger partial charge in [-0.2, -0.15) is 0 Å². The predicted molar refractivity (Wildman–Crippen MR) is 109 cm³/mol. The molecule has 0 aliphatic rings. The summed E-state index contributed by atoms with van der Waals surface area (Å²) in [5.74, 6) is -4.34. The highest BCUT2D eigenvalue weighted by Gasteiger charge is 2.50. The van der Waals surface area contributed by atoms with E-state index in [-0.39, 0.29) is 0 Å². The maximum atomic E-state index is 10.8. The zero-order valence-electron chi connectivity index (χ0n) is 17.5. The van der Waals surface area contributed by atoms with Crippen LogP contribution in [0.5, 0.6) is 0 Å². The molecule has 0 aliphatic heterocycles. The van der Waals surface area contributed by atoms with E-state index in [1.165, 1.54) is 0 Å². The number of carbonyl (C=O) groups is 3. The molecular formula is C19H30O14. The van der Waals surface area contributed by atoms with Crippen molar-refractivity contribution in [1.29, 1.82) is 0 Å². The lowest BCUT2D eigenvalue weighted by atomic mass is 9.72. The van der Waals surface area contributed by atoms with Crippen LogP contribution in [0.2, 0.25) is 0 Å². The molecule has 0 spiro atoms. The van der Waals surface area contributed by atoms with Crippen molar-refractivity contribution in [3.05, 3.63) is 36.6 Å². The van der Waals surface area contributed by atoms with Gasteiger partial charge in [-0.1, -0.05) is 0 Å². The summed E-state index contributed by atoms with van der Waals surface area (Å²) in [4.78, 5) is 32.1. The molecule has 0 radical (unpaired) electrons. The lowest BCUT2D eigenvalue weighted by Crippen LogP contribution is -2.54. The van der Waals surface area contributed by atoms with E-state index in [9.17, 15) is 29.7 Å². The molecule has 33 heavy (non-hydrogen) atoms. The first-order valence-corrected chi connectivity index (χ1v) is 9.10. The van der Waals surface area contributed by atoms with Crippen molar-refractivity contribution in [3.63, 3.8) is 0 Å². The SMILES string of the molecule is O=C(O)C=COC(C=CC(=O)O)(C=CC(=O)O)C(CO)(CO)CO.OCC(CO)(CO)CO. The molecule has 0 saturated carbocycles. The standard InChI is InChI=1S/C14H18O10.C5H12O4/c15-7-13(8-16,9-17)14(4-1-10(18)19,5-2-11(20)21)24-6-3-12(22)23;6-1-5(2-7,3-8)4-9/h1-6,15-17H,7-9H2,(H,18,19)(H,20,21)(H,22,23);6-9H,1-4H2. The fourth-order valence-electron chi connectivity index (χ4n) is 2.03. The first-order valence-electron chi connectivity index (χ1n) is 9.10. The van der Waals surface area contributed by atoms with Gasteiger partial charge in [0.1, 0.15) is 0 Å². The van der Waals surface area contributed by atoms with Crippen LogP contribution in [0.25, 0.3) is 0 Å². The second-order valence-corrected chi connectivity index (χ2v) is 6.78. The van der Waals surface area contributed by atoms with Crippen molar-refractivity contribution in [2.45, 2.75) is 5.60 Å². The van der Waals surface area contributed by atoms with Gasteiger partial charge in [-0.25, -0.2) is 14.4 Å². The van der Waals surface area contributed by atoms with Crippen molar-refractivity contribution in [2.75, 3.05) is 46.2 Å². The Kier molecular flexibility index (Phi) is 15.5. The fourth-order valence-corrected chi connectivity index (χ4v) is 2.03. The van der Waals surface area contributed by atoms with E-state index in [1.807, 2.05) is 0 Å². The number of rotatable bonds is 15. The van der Waals surface area contributed by atoms with Gasteiger partial charge in [-0.15, -0.1) is 0 Å². The Morgan fingerprint density at radius 3 is 1.12 bits per heavy atom. The van der Waals surface area contributed by atoms with Crippen LogP contribution in [-0.2, 0) is 19.1 Å². The highest BCUT2D eigenvalue weighted by molar-refractivity contribution is 5.81. The van der Waals surface area contributed by atoms with Crippen LogP contribution in [0.3, 0.4) is 0 Å². The number of hydrogen-bond donors (Lipinski definition) is 10. The number of ether oxygens (including phenoxy) is 1. The van der Waals surface area contributed by atoms with E-state index in [0.29, 0.717) is 24.5 Å². The second kappa shape index (κ2) is 15.9. The molecule has 0 unspecified atom stereocenters. The Hall–Kier alpha value is -2.85. The van der Waals surface area contributed by atoms with Crippen molar-refractivity contribution in [2.24, 2.45) is 10.8 Å². The molecule has 14 nitrogen and oxygen atoms in total. The predicted octanol–water partition coefficient (Wildman–Crippen LogP) is -3.47. The smallest absolute Gasteiger partial charge is 0.331 e. The molecule has 0 fully saturated rings. The number of aliphatic hydroxyl groups is 7. The molecule has 10 N–H and O–H groups in total. The van der Waals surface area contributed by atoms with Gasteiger partial charge in [0.2, 0.25) is 0 Å². The molecule has 0 bridgehead atoms. The minimum absolute atomic E-state index is 0.406. The van der Waals surface area contributed by atoms with Gasteiger partial charge in [0.15, 0.2) is 5.60 Å². The molecular weight excluding hydrogens is 452 g/mol. The summed E-state index contributed by atoms with van der Waals surface area (Å²) in [5.41, 5.74) is -5.22. The fraction of sp³-hybridized carbons (Fsp3) is 0.526. The van der Waals surface area contributed by atoms with Crippen molar-refractivity contribution in [1.82, 2.24) is 0 Å². The number of hydrogen-bond acceptors (Lipinski definition) is 11. The minimum atomic E-state index is -2.16. The van der Waals surface area contributed by atoms with E-state index >= 15 is 0 Å². The van der Waals surface area contributed by atoms with E-state index in [4.69, 9.17) is 40.5 Å². The van der Waals surface area contributed by atoms with Gasteiger partial charge in [0.25, 0.3) is 0 Å². The highest BCUT2D eigenvalue weighted by atomic mass is 16.5. The topological polar surface area (TPSA) is 263 Å². The Morgan fingerprint density at radius 2 is 0.909 bits per heavy atom. The average molecular weight is 482 g/mol. The van der Waals surface area contributed by atoms with Gasteiger partial charge in [-0.05, 0) is 12.2 Å². The summed E-state index contributed by atoms with van der Waals surface area (Å²) in [6, 6.07) is 0. The van der Waals surface area contributed by atoms with Gasteiger partial charge in [0.05, 0.1) is 69.4 Å². The van der Waals surface area contributed by atoms with E-state index in [2.05, 4.69) is 0 Å². The van der Waals surface area contributed by atoms with E-state index in [0.717, 1.165) is 12.2 Å². The number of aliphatic carboxylic acids is 3. The van der Waals surface area contributed by atoms with Crippen LogP contribution in [0, 0.1) is 10.8 Å². The zero-order valence-corrected chi connectivity index (χ0v) is 17.5. The Balaban J connectivity index is 0. The quantitative estimate of drug-likeness (QED) is 0.0803. The Labute approximate surface area is 188 Å². The maximum absolute atomic E-state index is 10.8. The van der Waals surface area contributed by atoms with Crippen LogP contribution in [-0.4, -0.2) is 121 Å². The molecule has 190 valence electrons. The third-order valence-electron chi connectivity index (χ3n) is 4.50. The highest BCUT2D eigenvalue weighted by Crippen LogP contribution is 2.37. The van der Waals surface area contributed by atoms with E-state index < -0.39 is 80.6 Å². The van der Waals surface area contributed by atoms with Gasteiger partial charge >= 0.3 is 17.9 Å². The van der Waals surface area contributed by atoms with Crippen molar-refractivity contribution in [3.8, 4) is 0 Å². The summed E-state index contributed by atoms with van der Waals surface area (Å²) < 4.78 is 5.14. The van der Waals surface area contributed by atoms with Gasteiger partial charge in [0, 0.05) is 12.2 Å². The molecule has 0 rings (SSSR count). The summed E-state index contributed by atoms with van der Waals surface area (Å²) in [6.45, 7) is -4.43. The molecule has 0 amide bonds. The van der Waals surface area contributed by atoms with Crippen LogP contribution < -0.4 is 0 Å². The maximum Gasteiger partial charge on any atom is 0.331 e. The third-order valence-corrected chi connectivity index (χ3v) is 4.50. The van der Waals surface area contributed by atoms with Crippen LogP contribution in [0.15, 0.2) is 36.6 Å². The van der Waals surface area contributed by atoms with Crippen LogP contribution >= 0.6 is 0 Å². The lowest BCUT2D eigenvalue weighted by Gasteiger charge is -2.43. The van der Waals surface area contributed by atoms with Gasteiger partial charge < -0.3 is 55.8 Å². The first-order chi connectivity index (χ1) is 15.4. The van der Waals surface area contributed by atoms with Crippen molar-refractivity contribution >= 4 is 17.9 Å². The Bertz CT molecular complexity index is 639. The number of carboxylic acid groups (broad SMARTS) is 3. The first kappa shape index (κ1) is 32.3. The molecule has 0 heterocycles. The summed E-state index contributed by atoms with van der Waals surface area (Å²) >= 11 is 0. The molecule has 0 atom stereocenters. The van der Waals surface area contributed by atoms with Crippen LogP contribution in [0.4, 0.5) is 0 Å². The molecule has 0 saturated heterocycles. The number of carboxylic acids is 3. The number of aliphatic hydroxyl groups excluding tert-OH is 7. The molecule has 0 aromatic heterocycles. The average Bonchev–Trinajstić information content (AvgIpc) is 2.79. The third kappa shape index (κ3) is 10.1. The molecule has 14 heteroatoms. The molecule has 0 aromatic rings. The van der Waals surface area contributed by atoms with Crippen molar-refractivity contribution < 1.29 is 70.2 Å². The summed E-state index contributed by atoms with van der Waals surface area (Å²) in [6.07, 6.45) is 3.77. The minimum Gasteiger partial charge on any atom is -0.486 e. The Morgan fingerprint density at radius 1 is 0.576 bits per heavy atom.